The molecular formula is C18H21FN4O3. The number of nitrogens with zero attached hydrogens (tertiary/aromatic N) is 2. The Balaban J connectivity index is 1.56. The Hall–Kier alpha value is -2.90. The number of nitrogens with one attached hydrogen (secondary N) is 2. The third-order valence-corrected chi connectivity index (χ3v) is 4.58. The van der Waals surface area contributed by atoms with Crippen molar-refractivity contribution in [1.82, 2.24) is 15.1 Å². The van der Waals surface area contributed by atoms with Gasteiger partial charge in [0, 0.05) is 17.9 Å². The zero-order valence-corrected chi connectivity index (χ0v) is 14.4. The molecule has 0 bridgehead atoms. The zero-order valence-electron chi connectivity index (χ0n) is 14.4. The summed E-state index contributed by atoms with van der Waals surface area (Å²) in [5, 5.41) is 18.5. The van der Waals surface area contributed by atoms with Crippen LogP contribution in [0.2, 0.25) is 0 Å². The molecule has 0 radical (unpaired) electrons. The first kappa shape index (κ1) is 17.9. The lowest BCUT2D eigenvalue weighted by Gasteiger charge is -2.26. The molecule has 3 rings (SSSR count). The number of carbonyl (C=O) groups excluding carboxylic acids is 1. The van der Waals surface area contributed by atoms with Gasteiger partial charge in [0.15, 0.2) is 5.82 Å². The van der Waals surface area contributed by atoms with Gasteiger partial charge in [0.2, 0.25) is 0 Å². The molecule has 26 heavy (non-hydrogen) atoms. The summed E-state index contributed by atoms with van der Waals surface area (Å²) in [4.78, 5) is 23.0. The van der Waals surface area contributed by atoms with Crippen LogP contribution < -0.4 is 10.6 Å². The molecule has 3 N–H and O–H groups in total. The zero-order chi connectivity index (χ0) is 18.7. The summed E-state index contributed by atoms with van der Waals surface area (Å²) < 4.78 is 15.7. The van der Waals surface area contributed by atoms with E-state index in [1.807, 2.05) is 6.92 Å². The van der Waals surface area contributed by atoms with E-state index in [4.69, 9.17) is 5.11 Å². The number of urea groups is 1. The van der Waals surface area contributed by atoms with Crippen LogP contribution in [0.4, 0.5) is 14.9 Å². The van der Waals surface area contributed by atoms with E-state index < -0.39 is 17.8 Å². The van der Waals surface area contributed by atoms with Crippen molar-refractivity contribution in [2.24, 2.45) is 5.92 Å². The topological polar surface area (TPSA) is 96.3 Å². The number of hydrogen-bond donors (Lipinski definition) is 3. The van der Waals surface area contributed by atoms with Gasteiger partial charge in [-0.05, 0) is 56.4 Å². The smallest absolute Gasteiger partial charge is 0.319 e. The molecule has 8 heteroatoms. The molecule has 1 aliphatic carbocycles. The van der Waals surface area contributed by atoms with Gasteiger partial charge >= 0.3 is 12.0 Å². The number of aliphatic carboxylic acids is 1. The molecule has 138 valence electrons. The van der Waals surface area contributed by atoms with Crippen LogP contribution in [0.1, 0.15) is 31.2 Å². The average Bonchev–Trinajstić information content (AvgIpc) is 3.01. The lowest BCUT2D eigenvalue weighted by atomic mass is 9.86. The van der Waals surface area contributed by atoms with Crippen molar-refractivity contribution in [3.05, 3.63) is 42.0 Å². The number of benzene rings is 1. The minimum absolute atomic E-state index is 0.0678. The van der Waals surface area contributed by atoms with Crippen LogP contribution in [0, 0.1) is 18.7 Å². The number of carbonyl (C=O) groups is 2. The van der Waals surface area contributed by atoms with E-state index in [1.165, 1.54) is 10.7 Å². The Morgan fingerprint density at radius 2 is 2.00 bits per heavy atom. The van der Waals surface area contributed by atoms with Gasteiger partial charge in [-0.2, -0.15) is 5.10 Å². The average molecular weight is 360 g/mol. The molecule has 1 aliphatic rings. The monoisotopic (exact) mass is 360 g/mol. The van der Waals surface area contributed by atoms with Gasteiger partial charge in [-0.3, -0.25) is 4.79 Å². The Labute approximate surface area is 150 Å². The van der Waals surface area contributed by atoms with Crippen molar-refractivity contribution < 1.29 is 19.1 Å². The van der Waals surface area contributed by atoms with E-state index in [9.17, 15) is 14.0 Å². The first-order valence-electron chi connectivity index (χ1n) is 8.54. The van der Waals surface area contributed by atoms with Crippen molar-refractivity contribution in [2.75, 3.05) is 5.32 Å². The van der Waals surface area contributed by atoms with Crippen molar-refractivity contribution in [2.45, 2.75) is 38.6 Å². The van der Waals surface area contributed by atoms with Gasteiger partial charge in [0.1, 0.15) is 5.69 Å². The SMILES string of the molecule is Cc1cnn(-c2ccc(NC(=O)NC3CCC(C(=O)O)CC3)cc2F)c1. The molecule has 1 aromatic carbocycles. The molecule has 0 unspecified atom stereocenters. The fourth-order valence-electron chi connectivity index (χ4n) is 3.15. The second-order valence-corrected chi connectivity index (χ2v) is 6.61. The fraction of sp³-hybridized carbons (Fsp3) is 0.389. The Bertz CT molecular complexity index is 813. The lowest BCUT2D eigenvalue weighted by Crippen LogP contribution is -2.41. The van der Waals surface area contributed by atoms with Crippen LogP contribution in [0.5, 0.6) is 0 Å². The third kappa shape index (κ3) is 4.19. The summed E-state index contributed by atoms with van der Waals surface area (Å²) in [5.41, 5.74) is 1.56. The third-order valence-electron chi connectivity index (χ3n) is 4.58. The van der Waals surface area contributed by atoms with Crippen LogP contribution in [0.15, 0.2) is 30.6 Å². The molecule has 0 saturated heterocycles. The number of rotatable bonds is 4. The largest absolute Gasteiger partial charge is 0.481 e. The van der Waals surface area contributed by atoms with E-state index in [0.717, 1.165) is 5.56 Å². The summed E-state index contributed by atoms with van der Waals surface area (Å²) in [6.07, 6.45) is 5.69. The van der Waals surface area contributed by atoms with Gasteiger partial charge in [0.25, 0.3) is 0 Å². The van der Waals surface area contributed by atoms with Gasteiger partial charge in [-0.1, -0.05) is 0 Å². The van der Waals surface area contributed by atoms with Crippen LogP contribution in [-0.2, 0) is 4.79 Å². The van der Waals surface area contributed by atoms with E-state index in [1.54, 1.807) is 24.5 Å². The van der Waals surface area contributed by atoms with Crippen LogP contribution in [0.25, 0.3) is 5.69 Å². The van der Waals surface area contributed by atoms with Crippen molar-refractivity contribution in [3.63, 3.8) is 0 Å². The van der Waals surface area contributed by atoms with Gasteiger partial charge < -0.3 is 15.7 Å². The molecule has 0 atom stereocenters. The van der Waals surface area contributed by atoms with Crippen molar-refractivity contribution in [3.8, 4) is 5.69 Å². The molecule has 1 aromatic heterocycles. The van der Waals surface area contributed by atoms with Crippen LogP contribution in [-0.4, -0.2) is 32.9 Å². The number of amides is 2. The minimum Gasteiger partial charge on any atom is -0.481 e. The maximum absolute atomic E-state index is 14.3. The Morgan fingerprint density at radius 3 is 2.58 bits per heavy atom. The summed E-state index contributed by atoms with van der Waals surface area (Å²) in [6, 6.07) is 3.91. The van der Waals surface area contributed by atoms with Gasteiger partial charge in [0.05, 0.1) is 12.1 Å². The van der Waals surface area contributed by atoms with Gasteiger partial charge in [-0.25, -0.2) is 13.9 Å². The predicted octanol–water partition coefficient (Wildman–Crippen LogP) is 3.08. The fourth-order valence-corrected chi connectivity index (χ4v) is 3.15. The maximum atomic E-state index is 14.3. The second kappa shape index (κ2) is 7.55. The highest BCUT2D eigenvalue weighted by Crippen LogP contribution is 2.24. The second-order valence-electron chi connectivity index (χ2n) is 6.61. The molecule has 0 aliphatic heterocycles. The Kier molecular flexibility index (Phi) is 5.20. The summed E-state index contributed by atoms with van der Waals surface area (Å²) in [5.74, 6) is -1.60. The molecule has 2 amide bonds. The predicted molar refractivity (Wildman–Crippen MR) is 93.8 cm³/mol. The molecule has 1 saturated carbocycles. The first-order chi connectivity index (χ1) is 12.4. The normalized spacial score (nSPS) is 19.8. The number of carboxylic acid groups (broad SMARTS) is 1. The summed E-state index contributed by atoms with van der Waals surface area (Å²) in [6.45, 7) is 1.87. The van der Waals surface area contributed by atoms with E-state index in [0.29, 0.717) is 37.1 Å². The van der Waals surface area contributed by atoms with E-state index >= 15 is 0 Å². The van der Waals surface area contributed by atoms with Crippen LogP contribution >= 0.6 is 0 Å². The van der Waals surface area contributed by atoms with Crippen molar-refractivity contribution >= 4 is 17.7 Å². The first-order valence-corrected chi connectivity index (χ1v) is 8.54. The molecule has 7 nitrogen and oxygen atoms in total. The molecular weight excluding hydrogens is 339 g/mol. The maximum Gasteiger partial charge on any atom is 0.319 e. The standard InChI is InChI=1S/C18H21FN4O3/c1-11-9-20-23(10-11)16-7-6-14(8-15(16)19)22-18(26)21-13-4-2-12(3-5-13)17(24)25/h6-10,12-13H,2-5H2,1H3,(H,24,25)(H2,21,22,26). The van der Waals surface area contributed by atoms with Crippen molar-refractivity contribution in [1.29, 1.82) is 0 Å². The molecule has 1 heterocycles. The highest BCUT2D eigenvalue weighted by Gasteiger charge is 2.26. The number of anilines is 1. The Morgan fingerprint density at radius 1 is 1.27 bits per heavy atom. The van der Waals surface area contributed by atoms with E-state index in [-0.39, 0.29) is 12.0 Å². The molecule has 0 spiro atoms. The number of aryl methyl sites for hydroxylation is 1. The van der Waals surface area contributed by atoms with Gasteiger partial charge in [-0.15, -0.1) is 0 Å². The lowest BCUT2D eigenvalue weighted by molar-refractivity contribution is -0.142. The van der Waals surface area contributed by atoms with E-state index in [2.05, 4.69) is 15.7 Å². The minimum atomic E-state index is -0.782. The number of halogens is 1. The summed E-state index contributed by atoms with van der Waals surface area (Å²) in [7, 11) is 0. The quantitative estimate of drug-likeness (QED) is 0.781. The molecule has 2 aromatic rings. The molecule has 1 fully saturated rings. The highest BCUT2D eigenvalue weighted by atomic mass is 19.1. The highest BCUT2D eigenvalue weighted by molar-refractivity contribution is 5.89. The number of aromatic nitrogens is 2. The number of hydrogen-bond acceptors (Lipinski definition) is 3. The van der Waals surface area contributed by atoms with Crippen LogP contribution in [0.3, 0.4) is 0 Å². The number of carboxylic acids is 1. The summed E-state index contributed by atoms with van der Waals surface area (Å²) >= 11 is 0.